The zero-order valence-corrected chi connectivity index (χ0v) is 11.2. The number of nitrogens with one attached hydrogen (secondary N) is 1. The van der Waals surface area contributed by atoms with E-state index in [2.05, 4.69) is 15.0 Å². The third-order valence-electron chi connectivity index (χ3n) is 3.31. The second kappa shape index (κ2) is 5.24. The zero-order valence-electron chi connectivity index (χ0n) is 11.2. The Hall–Kier alpha value is -2.89. The lowest BCUT2D eigenvalue weighted by Gasteiger charge is -2.04. The van der Waals surface area contributed by atoms with Crippen molar-refractivity contribution in [2.24, 2.45) is 5.73 Å². The predicted octanol–water partition coefficient (Wildman–Crippen LogP) is 1.75. The van der Waals surface area contributed by atoms with Crippen molar-refractivity contribution < 1.29 is 9.90 Å². The van der Waals surface area contributed by atoms with Gasteiger partial charge in [0.1, 0.15) is 11.3 Å². The van der Waals surface area contributed by atoms with Gasteiger partial charge in [-0.05, 0) is 36.2 Å². The Bertz CT molecular complexity index is 793. The molecule has 0 spiro atoms. The van der Waals surface area contributed by atoms with Crippen LogP contribution in [0.2, 0.25) is 0 Å². The van der Waals surface area contributed by atoms with E-state index in [-0.39, 0.29) is 18.1 Å². The van der Waals surface area contributed by atoms with Crippen molar-refractivity contribution in [2.45, 2.75) is 12.8 Å². The molecule has 6 heteroatoms. The van der Waals surface area contributed by atoms with Gasteiger partial charge < -0.3 is 15.8 Å². The molecule has 0 saturated heterocycles. The Morgan fingerprint density at radius 3 is 2.62 bits per heavy atom. The Balaban J connectivity index is 2.13. The average Bonchev–Trinajstić information content (AvgIpc) is 2.84. The van der Waals surface area contributed by atoms with Gasteiger partial charge in [0, 0.05) is 24.4 Å². The van der Waals surface area contributed by atoms with Crippen LogP contribution in [0.4, 0.5) is 0 Å². The number of primary amides is 1. The largest absolute Gasteiger partial charge is 0.508 e. The van der Waals surface area contributed by atoms with Gasteiger partial charge in [-0.1, -0.05) is 0 Å². The molecule has 0 unspecified atom stereocenters. The summed E-state index contributed by atoms with van der Waals surface area (Å²) in [7, 11) is 0. The summed E-state index contributed by atoms with van der Waals surface area (Å²) in [5.74, 6) is -0.158. The minimum absolute atomic E-state index is 0.199. The number of benzene rings is 1. The molecule has 1 aromatic carbocycles. The number of aryl methyl sites for hydroxylation is 1. The van der Waals surface area contributed by atoms with Crippen molar-refractivity contribution in [3.8, 4) is 17.0 Å². The van der Waals surface area contributed by atoms with Gasteiger partial charge in [-0.25, -0.2) is 4.98 Å². The summed E-state index contributed by atoms with van der Waals surface area (Å²) in [6, 6.07) is 6.82. The van der Waals surface area contributed by atoms with Crippen LogP contribution >= 0.6 is 0 Å². The number of nitrogens with zero attached hydrogens (tertiary/aromatic N) is 2. The molecule has 0 fully saturated rings. The highest BCUT2D eigenvalue weighted by Gasteiger charge is 2.15. The molecule has 21 heavy (non-hydrogen) atoms. The van der Waals surface area contributed by atoms with Gasteiger partial charge in [0.2, 0.25) is 5.91 Å². The van der Waals surface area contributed by atoms with E-state index in [4.69, 9.17) is 5.73 Å². The van der Waals surface area contributed by atoms with Crippen molar-refractivity contribution in [3.63, 3.8) is 0 Å². The lowest BCUT2D eigenvalue weighted by Crippen LogP contribution is -2.11. The van der Waals surface area contributed by atoms with Crippen LogP contribution in [-0.2, 0) is 11.2 Å². The first-order chi connectivity index (χ1) is 10.1. The molecule has 106 valence electrons. The van der Waals surface area contributed by atoms with E-state index in [0.717, 1.165) is 22.3 Å². The highest BCUT2D eigenvalue weighted by Crippen LogP contribution is 2.30. The highest BCUT2D eigenvalue weighted by atomic mass is 16.3. The van der Waals surface area contributed by atoms with E-state index in [9.17, 15) is 9.90 Å². The maximum Gasteiger partial charge on any atom is 0.217 e. The Labute approximate surface area is 120 Å². The molecule has 3 aromatic rings. The summed E-state index contributed by atoms with van der Waals surface area (Å²) in [4.78, 5) is 22.9. The fourth-order valence-corrected chi connectivity index (χ4v) is 2.33. The number of carbonyl (C=O) groups is 1. The maximum atomic E-state index is 11.1. The standard InChI is InChI=1S/C15H14N4O2/c16-12(21)6-5-11-13(9-1-3-10(20)4-2-9)19-15-14(11)17-7-8-18-15/h1-4,7-8,20H,5-6H2,(H2,16,21)(H,18,19). The molecule has 0 atom stereocenters. The monoisotopic (exact) mass is 282 g/mol. The van der Waals surface area contributed by atoms with Crippen LogP contribution in [0.25, 0.3) is 22.4 Å². The van der Waals surface area contributed by atoms with Crippen LogP contribution in [0.15, 0.2) is 36.7 Å². The van der Waals surface area contributed by atoms with Crippen LogP contribution in [0.5, 0.6) is 5.75 Å². The van der Waals surface area contributed by atoms with E-state index >= 15 is 0 Å². The minimum atomic E-state index is -0.357. The second-order valence-corrected chi connectivity index (χ2v) is 4.75. The van der Waals surface area contributed by atoms with E-state index in [1.54, 1.807) is 36.7 Å². The molecule has 0 aliphatic rings. The fourth-order valence-electron chi connectivity index (χ4n) is 2.33. The molecular weight excluding hydrogens is 268 g/mol. The number of phenolic OH excluding ortho intramolecular Hbond substituents is 1. The summed E-state index contributed by atoms with van der Waals surface area (Å²) in [6.07, 6.45) is 3.96. The quantitative estimate of drug-likeness (QED) is 0.677. The third-order valence-corrected chi connectivity index (χ3v) is 3.31. The SMILES string of the molecule is NC(=O)CCc1c(-c2ccc(O)cc2)[nH]c2nccnc12. The number of aromatic nitrogens is 3. The summed E-state index contributed by atoms with van der Waals surface area (Å²) in [5, 5.41) is 9.39. The molecule has 0 saturated carbocycles. The number of fused-ring (bicyclic) bond motifs is 1. The molecule has 6 nitrogen and oxygen atoms in total. The van der Waals surface area contributed by atoms with E-state index in [1.165, 1.54) is 0 Å². The first kappa shape index (κ1) is 13.1. The number of carbonyl (C=O) groups excluding carboxylic acids is 1. The van der Waals surface area contributed by atoms with Gasteiger partial charge in [-0.15, -0.1) is 0 Å². The van der Waals surface area contributed by atoms with Crippen LogP contribution in [0, 0.1) is 0 Å². The van der Waals surface area contributed by atoms with Crippen LogP contribution in [-0.4, -0.2) is 26.0 Å². The molecule has 1 amide bonds. The van der Waals surface area contributed by atoms with Crippen molar-refractivity contribution in [2.75, 3.05) is 0 Å². The maximum absolute atomic E-state index is 11.1. The molecule has 0 aliphatic carbocycles. The number of phenols is 1. The predicted molar refractivity (Wildman–Crippen MR) is 78.5 cm³/mol. The second-order valence-electron chi connectivity index (χ2n) is 4.75. The number of nitrogens with two attached hydrogens (primary N) is 1. The smallest absolute Gasteiger partial charge is 0.217 e. The van der Waals surface area contributed by atoms with Crippen molar-refractivity contribution in [1.29, 1.82) is 0 Å². The number of amides is 1. The van der Waals surface area contributed by atoms with Gasteiger partial charge in [0.25, 0.3) is 0 Å². The van der Waals surface area contributed by atoms with Crippen molar-refractivity contribution in [3.05, 3.63) is 42.2 Å². The first-order valence-corrected chi connectivity index (χ1v) is 6.54. The lowest BCUT2D eigenvalue weighted by atomic mass is 10.0. The van der Waals surface area contributed by atoms with E-state index < -0.39 is 0 Å². The number of aromatic hydroxyl groups is 1. The van der Waals surface area contributed by atoms with Crippen molar-refractivity contribution >= 4 is 17.1 Å². The van der Waals surface area contributed by atoms with Crippen molar-refractivity contribution in [1.82, 2.24) is 15.0 Å². The van der Waals surface area contributed by atoms with Crippen LogP contribution in [0.3, 0.4) is 0 Å². The normalized spacial score (nSPS) is 10.9. The number of aromatic amines is 1. The lowest BCUT2D eigenvalue weighted by molar-refractivity contribution is -0.117. The number of H-pyrrole nitrogens is 1. The summed E-state index contributed by atoms with van der Waals surface area (Å²) < 4.78 is 0. The number of rotatable bonds is 4. The van der Waals surface area contributed by atoms with Gasteiger partial charge in [0.05, 0.1) is 5.69 Å². The number of hydrogen-bond donors (Lipinski definition) is 3. The molecule has 2 heterocycles. The average molecular weight is 282 g/mol. The van der Waals surface area contributed by atoms with Gasteiger partial charge >= 0.3 is 0 Å². The molecular formula is C15H14N4O2. The highest BCUT2D eigenvalue weighted by molar-refractivity contribution is 5.86. The Kier molecular flexibility index (Phi) is 3.27. The molecule has 0 radical (unpaired) electrons. The molecule has 3 rings (SSSR count). The molecule has 4 N–H and O–H groups in total. The number of hydrogen-bond acceptors (Lipinski definition) is 4. The van der Waals surface area contributed by atoms with E-state index in [0.29, 0.717) is 12.1 Å². The third kappa shape index (κ3) is 2.55. The Morgan fingerprint density at radius 1 is 1.19 bits per heavy atom. The summed E-state index contributed by atoms with van der Waals surface area (Å²) in [6.45, 7) is 0. The fraction of sp³-hybridized carbons (Fsp3) is 0.133. The summed E-state index contributed by atoms with van der Waals surface area (Å²) in [5.41, 5.74) is 9.29. The molecule has 0 bridgehead atoms. The van der Waals surface area contributed by atoms with E-state index in [1.807, 2.05) is 0 Å². The zero-order chi connectivity index (χ0) is 14.8. The van der Waals surface area contributed by atoms with Gasteiger partial charge in [0.15, 0.2) is 5.65 Å². The summed E-state index contributed by atoms with van der Waals surface area (Å²) >= 11 is 0. The van der Waals surface area contributed by atoms with Gasteiger partial charge in [-0.2, -0.15) is 0 Å². The Morgan fingerprint density at radius 2 is 1.90 bits per heavy atom. The topological polar surface area (TPSA) is 105 Å². The molecule has 0 aliphatic heterocycles. The van der Waals surface area contributed by atoms with Crippen LogP contribution < -0.4 is 5.73 Å². The first-order valence-electron chi connectivity index (χ1n) is 6.54. The van der Waals surface area contributed by atoms with Gasteiger partial charge in [-0.3, -0.25) is 9.78 Å². The molecule has 2 aromatic heterocycles. The minimum Gasteiger partial charge on any atom is -0.508 e. The van der Waals surface area contributed by atoms with Crippen LogP contribution in [0.1, 0.15) is 12.0 Å².